The standard InChI is InChI=1S/C11H11N6O3S/c1-6-9(10(18)16(12)11(21)13-6)15-14-7-2-4-8(5-3-7)17(19)20/h2-5,9,15H,12H2,1H3/q-1/t9-/m1/s1. The van der Waals surface area contributed by atoms with Crippen molar-refractivity contribution >= 4 is 40.4 Å². The number of carbonyl (C=O) groups is 1. The van der Waals surface area contributed by atoms with E-state index in [1.54, 1.807) is 6.92 Å². The SMILES string of the molecule is CC1=NC(=S)N(N)C(=O)[C@@H]1NN=C1C=CC(=[N+]([O-])[O-])C=C1. The van der Waals surface area contributed by atoms with Gasteiger partial charge in [-0.2, -0.15) is 10.0 Å². The van der Waals surface area contributed by atoms with E-state index in [-0.39, 0.29) is 10.8 Å². The van der Waals surface area contributed by atoms with Gasteiger partial charge in [-0.1, -0.05) is 0 Å². The average Bonchev–Trinajstić information content (AvgIpc) is 2.45. The van der Waals surface area contributed by atoms with Gasteiger partial charge in [0.05, 0.1) is 11.4 Å². The van der Waals surface area contributed by atoms with E-state index in [4.69, 9.17) is 18.1 Å². The molecule has 1 aliphatic heterocycles. The Bertz CT molecular complexity index is 626. The van der Waals surface area contributed by atoms with Gasteiger partial charge in [0, 0.05) is 12.2 Å². The average molecular weight is 307 g/mol. The fourth-order valence-corrected chi connectivity index (χ4v) is 1.85. The van der Waals surface area contributed by atoms with Crippen LogP contribution in [0.5, 0.6) is 0 Å². The Morgan fingerprint density at radius 1 is 1.43 bits per heavy atom. The Morgan fingerprint density at radius 2 is 2.05 bits per heavy atom. The molecule has 110 valence electrons. The summed E-state index contributed by atoms with van der Waals surface area (Å²) in [5, 5.41) is 25.8. The predicted molar refractivity (Wildman–Crippen MR) is 81.4 cm³/mol. The number of thiocarbonyl (C=S) groups is 1. The highest BCUT2D eigenvalue weighted by Crippen LogP contribution is 2.05. The van der Waals surface area contributed by atoms with E-state index in [9.17, 15) is 15.2 Å². The molecule has 0 aromatic carbocycles. The van der Waals surface area contributed by atoms with Crippen molar-refractivity contribution in [3.8, 4) is 0 Å². The maximum atomic E-state index is 11.9. The van der Waals surface area contributed by atoms with Crippen molar-refractivity contribution in [3.63, 3.8) is 0 Å². The third-order valence-corrected chi connectivity index (χ3v) is 3.05. The van der Waals surface area contributed by atoms with Crippen molar-refractivity contribution in [1.82, 2.24) is 10.4 Å². The summed E-state index contributed by atoms with van der Waals surface area (Å²) >= 11 is 4.82. The summed E-state index contributed by atoms with van der Waals surface area (Å²) in [6, 6.07) is -0.822. The maximum Gasteiger partial charge on any atom is 0.273 e. The second kappa shape index (κ2) is 5.81. The molecular formula is C11H11N6O3S-. The van der Waals surface area contributed by atoms with E-state index in [1.807, 2.05) is 0 Å². The number of nitrogens with zero attached hydrogens (tertiary/aromatic N) is 4. The molecule has 1 atom stereocenters. The lowest BCUT2D eigenvalue weighted by Gasteiger charge is -2.26. The van der Waals surface area contributed by atoms with Crippen LogP contribution in [0.1, 0.15) is 6.92 Å². The largest absolute Gasteiger partial charge is 0.612 e. The van der Waals surface area contributed by atoms with Crippen molar-refractivity contribution in [2.75, 3.05) is 0 Å². The first-order valence-corrected chi connectivity index (χ1v) is 6.19. The maximum absolute atomic E-state index is 11.9. The molecule has 9 nitrogen and oxygen atoms in total. The molecular weight excluding hydrogens is 296 g/mol. The number of rotatable bonds is 2. The molecule has 0 spiro atoms. The quantitative estimate of drug-likeness (QED) is 0.174. The zero-order valence-electron chi connectivity index (χ0n) is 10.9. The molecule has 0 bridgehead atoms. The van der Waals surface area contributed by atoms with E-state index in [0.717, 1.165) is 5.01 Å². The van der Waals surface area contributed by atoms with Gasteiger partial charge in [-0.25, -0.2) is 15.8 Å². The lowest BCUT2D eigenvalue weighted by Crippen LogP contribution is -2.56. The third kappa shape index (κ3) is 3.12. The van der Waals surface area contributed by atoms with Crippen LogP contribution in [-0.2, 0) is 4.79 Å². The van der Waals surface area contributed by atoms with Crippen molar-refractivity contribution in [3.05, 3.63) is 34.7 Å². The Morgan fingerprint density at radius 3 is 2.62 bits per heavy atom. The van der Waals surface area contributed by atoms with Gasteiger partial charge < -0.3 is 10.4 Å². The molecule has 0 aromatic heterocycles. The first-order chi connectivity index (χ1) is 9.90. The number of amides is 1. The number of hydrazone groups is 1. The molecule has 21 heavy (non-hydrogen) atoms. The number of carbonyl (C=O) groups excluding carboxylic acids is 1. The van der Waals surface area contributed by atoms with E-state index in [0.29, 0.717) is 11.4 Å². The smallest absolute Gasteiger partial charge is 0.273 e. The molecule has 1 heterocycles. The van der Waals surface area contributed by atoms with Crippen LogP contribution in [0, 0.1) is 10.4 Å². The number of nitrogens with one attached hydrogen (secondary N) is 1. The molecule has 0 saturated carbocycles. The Balaban J connectivity index is 2.12. The van der Waals surface area contributed by atoms with Crippen LogP contribution in [0.2, 0.25) is 0 Å². The van der Waals surface area contributed by atoms with Gasteiger partial charge in [-0.15, -0.1) is 0 Å². The first kappa shape index (κ1) is 14.8. The van der Waals surface area contributed by atoms with Gasteiger partial charge >= 0.3 is 0 Å². The first-order valence-electron chi connectivity index (χ1n) is 5.78. The second-order valence-corrected chi connectivity index (χ2v) is 4.56. The van der Waals surface area contributed by atoms with Gasteiger partial charge in [0.15, 0.2) is 6.04 Å². The van der Waals surface area contributed by atoms with E-state index in [1.165, 1.54) is 24.3 Å². The molecule has 0 aromatic rings. The fraction of sp³-hybridized carbons (Fsp3) is 0.182. The summed E-state index contributed by atoms with van der Waals surface area (Å²) in [5.74, 6) is 5.00. The summed E-state index contributed by atoms with van der Waals surface area (Å²) in [4.78, 5) is 15.4. The number of hydrogen-bond acceptors (Lipinski definition) is 7. The minimum absolute atomic E-state index is 0.00844. The molecule has 1 amide bonds. The molecule has 10 heteroatoms. The normalized spacial score (nSPS) is 21.5. The predicted octanol–water partition coefficient (Wildman–Crippen LogP) is -0.663. The minimum atomic E-state index is -0.822. The topological polar surface area (TPSA) is 132 Å². The van der Waals surface area contributed by atoms with Crippen molar-refractivity contribution in [1.29, 1.82) is 0 Å². The summed E-state index contributed by atoms with van der Waals surface area (Å²) in [7, 11) is 0. The monoisotopic (exact) mass is 307 g/mol. The summed E-state index contributed by atoms with van der Waals surface area (Å²) in [6.07, 6.45) is 5.54. The molecule has 0 radical (unpaired) electrons. The molecule has 0 fully saturated rings. The summed E-state index contributed by atoms with van der Waals surface area (Å²) < 4.78 is 0. The Kier molecular flexibility index (Phi) is 4.10. The summed E-state index contributed by atoms with van der Waals surface area (Å²) in [5.41, 5.74) is 3.46. The Labute approximate surface area is 125 Å². The number of nitrogens with two attached hydrogens (primary N) is 1. The van der Waals surface area contributed by atoms with Crippen LogP contribution >= 0.6 is 12.2 Å². The highest BCUT2D eigenvalue weighted by Gasteiger charge is 2.31. The molecule has 2 aliphatic rings. The van der Waals surface area contributed by atoms with Gasteiger partial charge in [0.1, 0.15) is 0 Å². The summed E-state index contributed by atoms with van der Waals surface area (Å²) in [6.45, 7) is 1.63. The molecule has 1 aliphatic carbocycles. The number of aliphatic imine (C=N–C) groups is 1. The van der Waals surface area contributed by atoms with Gasteiger partial charge in [-0.05, 0) is 31.3 Å². The third-order valence-electron chi connectivity index (χ3n) is 2.76. The molecule has 0 unspecified atom stereocenters. The van der Waals surface area contributed by atoms with Crippen LogP contribution in [0.4, 0.5) is 0 Å². The lowest BCUT2D eigenvalue weighted by atomic mass is 10.1. The van der Waals surface area contributed by atoms with E-state index < -0.39 is 16.9 Å². The lowest BCUT2D eigenvalue weighted by molar-refractivity contribution is -0.377. The Hall–Kier alpha value is -2.59. The fourth-order valence-electron chi connectivity index (χ4n) is 1.62. The number of hydrogen-bond donors (Lipinski definition) is 2. The zero-order chi connectivity index (χ0) is 15.6. The van der Waals surface area contributed by atoms with E-state index >= 15 is 0 Å². The van der Waals surface area contributed by atoms with Crippen LogP contribution in [0.3, 0.4) is 0 Å². The van der Waals surface area contributed by atoms with Crippen LogP contribution < -0.4 is 11.3 Å². The highest BCUT2D eigenvalue weighted by molar-refractivity contribution is 7.80. The number of hydrazine groups is 1. The van der Waals surface area contributed by atoms with Gasteiger partial charge in [0.2, 0.25) is 10.8 Å². The van der Waals surface area contributed by atoms with Crippen molar-refractivity contribution < 1.29 is 9.70 Å². The van der Waals surface area contributed by atoms with Crippen molar-refractivity contribution in [2.45, 2.75) is 13.0 Å². The van der Waals surface area contributed by atoms with Gasteiger partial charge in [-0.3, -0.25) is 10.2 Å². The molecule has 0 saturated heterocycles. The zero-order valence-corrected chi connectivity index (χ0v) is 11.7. The second-order valence-electron chi connectivity index (χ2n) is 4.19. The van der Waals surface area contributed by atoms with Crippen LogP contribution in [0.25, 0.3) is 0 Å². The van der Waals surface area contributed by atoms with Crippen molar-refractivity contribution in [2.24, 2.45) is 15.9 Å². The minimum Gasteiger partial charge on any atom is -0.612 e. The number of allylic oxidation sites excluding steroid dienone is 4. The van der Waals surface area contributed by atoms with E-state index in [2.05, 4.69) is 15.5 Å². The van der Waals surface area contributed by atoms with Crippen LogP contribution in [-0.4, -0.2) is 44.1 Å². The highest BCUT2D eigenvalue weighted by atomic mass is 32.1. The molecule has 2 rings (SSSR count). The van der Waals surface area contributed by atoms with Crippen LogP contribution in [0.15, 0.2) is 34.4 Å². The van der Waals surface area contributed by atoms with Gasteiger partial charge in [0.25, 0.3) is 5.91 Å². The molecule has 3 N–H and O–H groups in total.